The van der Waals surface area contributed by atoms with Gasteiger partial charge in [0.25, 0.3) is 5.91 Å². The van der Waals surface area contributed by atoms with Gasteiger partial charge >= 0.3 is 0 Å². The highest BCUT2D eigenvalue weighted by Crippen LogP contribution is 2.40. The Labute approximate surface area is 179 Å². The predicted molar refractivity (Wildman–Crippen MR) is 116 cm³/mol. The number of quaternary nitrogens is 1. The molecule has 3 heterocycles. The van der Waals surface area contributed by atoms with Crippen LogP contribution in [0.2, 0.25) is 0 Å². The van der Waals surface area contributed by atoms with Gasteiger partial charge in [-0.25, -0.2) is 0 Å². The minimum Gasteiger partial charge on any atom is -0.504 e. The molecule has 2 aliphatic heterocycles. The van der Waals surface area contributed by atoms with Gasteiger partial charge in [0.15, 0.2) is 11.5 Å². The van der Waals surface area contributed by atoms with E-state index in [1.165, 1.54) is 28.0 Å². The zero-order valence-corrected chi connectivity index (χ0v) is 17.5. The summed E-state index contributed by atoms with van der Waals surface area (Å²) in [7, 11) is 1.51. The lowest BCUT2D eigenvalue weighted by Crippen LogP contribution is -3.10. The fourth-order valence-corrected chi connectivity index (χ4v) is 5.68. The van der Waals surface area contributed by atoms with Gasteiger partial charge in [-0.15, -0.1) is 11.3 Å². The van der Waals surface area contributed by atoms with Crippen LogP contribution in [-0.4, -0.2) is 24.7 Å². The molecular weight excluding hydrogens is 398 g/mol. The normalized spacial score (nSPS) is 20.0. The summed E-state index contributed by atoms with van der Waals surface area (Å²) in [5, 5.41) is 17.5. The summed E-state index contributed by atoms with van der Waals surface area (Å²) in [4.78, 5) is 15.8. The molecule has 0 spiro atoms. The first-order valence-electron chi connectivity index (χ1n) is 10.1. The molecule has 2 aromatic carbocycles. The SMILES string of the molecule is COc1ccc([C@H]2NC(=O)c3c(sc4c3CC[NH+](Cc3ccccc3)C4)N2)cc1O. The maximum atomic E-state index is 12.9. The van der Waals surface area contributed by atoms with E-state index >= 15 is 0 Å². The molecule has 0 radical (unpaired) electrons. The Hall–Kier alpha value is -3.03. The molecule has 1 aromatic heterocycles. The average Bonchev–Trinajstić information content (AvgIpc) is 3.12. The van der Waals surface area contributed by atoms with E-state index in [1.807, 2.05) is 12.1 Å². The monoisotopic (exact) mass is 422 g/mol. The lowest BCUT2D eigenvalue weighted by atomic mass is 10.00. The Morgan fingerprint density at radius 1 is 1.20 bits per heavy atom. The first-order valence-corrected chi connectivity index (χ1v) is 10.9. The number of nitrogens with one attached hydrogen (secondary N) is 3. The van der Waals surface area contributed by atoms with Gasteiger partial charge in [0.05, 0.1) is 24.1 Å². The Morgan fingerprint density at radius 2 is 2.03 bits per heavy atom. The highest BCUT2D eigenvalue weighted by Gasteiger charge is 2.34. The summed E-state index contributed by atoms with van der Waals surface area (Å²) < 4.78 is 5.11. The fourth-order valence-electron chi connectivity index (χ4n) is 4.34. The molecule has 0 saturated carbocycles. The quantitative estimate of drug-likeness (QED) is 0.521. The molecule has 1 unspecified atom stereocenters. The molecule has 3 aromatic rings. The van der Waals surface area contributed by atoms with Gasteiger partial charge in [-0.05, 0) is 23.3 Å². The molecular formula is C23H24N3O3S+. The Bertz CT molecular complexity index is 1100. The first kappa shape index (κ1) is 19.0. The van der Waals surface area contributed by atoms with Crippen molar-refractivity contribution in [2.75, 3.05) is 19.0 Å². The molecule has 2 atom stereocenters. The van der Waals surface area contributed by atoms with E-state index in [9.17, 15) is 9.90 Å². The van der Waals surface area contributed by atoms with Crippen LogP contribution < -0.4 is 20.3 Å². The van der Waals surface area contributed by atoms with Crippen LogP contribution in [0.4, 0.5) is 5.00 Å². The zero-order valence-electron chi connectivity index (χ0n) is 16.7. The van der Waals surface area contributed by atoms with E-state index < -0.39 is 0 Å². The number of methoxy groups -OCH3 is 1. The second kappa shape index (κ2) is 7.66. The van der Waals surface area contributed by atoms with E-state index in [4.69, 9.17) is 4.74 Å². The smallest absolute Gasteiger partial charge is 0.256 e. The highest BCUT2D eigenvalue weighted by atomic mass is 32.1. The van der Waals surface area contributed by atoms with Crippen LogP contribution >= 0.6 is 11.3 Å². The molecule has 5 rings (SSSR count). The summed E-state index contributed by atoms with van der Waals surface area (Å²) in [5.41, 5.74) is 4.11. The standard InChI is InChI=1S/C23H23N3O3S/c1-29-18-8-7-15(11-17(18)27)21-24-22(28)20-16-9-10-26(12-14-5-3-2-4-6-14)13-19(16)30-23(20)25-21/h2-8,11,21,25,27H,9-10,12-13H2,1H3,(H,24,28)/p+1/t21-/m0/s1. The Kier molecular flexibility index (Phi) is 4.84. The molecule has 0 saturated heterocycles. The van der Waals surface area contributed by atoms with Gasteiger partial charge in [0.2, 0.25) is 0 Å². The largest absolute Gasteiger partial charge is 0.504 e. The topological polar surface area (TPSA) is 75.0 Å². The minimum atomic E-state index is -0.380. The van der Waals surface area contributed by atoms with Crippen molar-refractivity contribution in [1.29, 1.82) is 0 Å². The van der Waals surface area contributed by atoms with Crippen LogP contribution in [0.1, 0.15) is 38.1 Å². The third kappa shape index (κ3) is 3.40. The van der Waals surface area contributed by atoms with Crippen molar-refractivity contribution in [3.63, 3.8) is 0 Å². The number of fused-ring (bicyclic) bond motifs is 3. The molecule has 154 valence electrons. The lowest BCUT2D eigenvalue weighted by Gasteiger charge is -2.27. The third-order valence-corrected chi connectivity index (χ3v) is 7.00. The second-order valence-corrected chi connectivity index (χ2v) is 8.88. The van der Waals surface area contributed by atoms with Crippen molar-refractivity contribution in [1.82, 2.24) is 5.32 Å². The molecule has 0 aliphatic carbocycles. The van der Waals surface area contributed by atoms with E-state index in [0.29, 0.717) is 5.75 Å². The number of ether oxygens (including phenoxy) is 1. The van der Waals surface area contributed by atoms with Crippen molar-refractivity contribution < 1.29 is 19.5 Å². The van der Waals surface area contributed by atoms with Gasteiger partial charge in [-0.2, -0.15) is 0 Å². The van der Waals surface area contributed by atoms with Gasteiger partial charge < -0.3 is 25.4 Å². The number of benzene rings is 2. The first-order chi connectivity index (χ1) is 14.6. The Morgan fingerprint density at radius 3 is 2.80 bits per heavy atom. The van der Waals surface area contributed by atoms with Crippen LogP contribution in [-0.2, 0) is 19.5 Å². The molecule has 1 amide bonds. The lowest BCUT2D eigenvalue weighted by molar-refractivity contribution is -0.929. The number of aromatic hydroxyl groups is 1. The van der Waals surface area contributed by atoms with Crippen molar-refractivity contribution >= 4 is 22.2 Å². The molecule has 30 heavy (non-hydrogen) atoms. The van der Waals surface area contributed by atoms with Crippen molar-refractivity contribution in [3.8, 4) is 11.5 Å². The van der Waals surface area contributed by atoms with E-state index in [2.05, 4.69) is 34.9 Å². The van der Waals surface area contributed by atoms with E-state index in [0.717, 1.165) is 42.2 Å². The highest BCUT2D eigenvalue weighted by molar-refractivity contribution is 7.16. The third-order valence-electron chi connectivity index (χ3n) is 5.84. The average molecular weight is 423 g/mol. The molecule has 0 fully saturated rings. The number of thiophene rings is 1. The van der Waals surface area contributed by atoms with Crippen LogP contribution in [0.25, 0.3) is 0 Å². The number of phenolic OH excluding ortho intramolecular Hbond substituents is 1. The maximum absolute atomic E-state index is 12.9. The number of phenols is 1. The van der Waals surface area contributed by atoms with Crippen LogP contribution in [0.5, 0.6) is 11.5 Å². The van der Waals surface area contributed by atoms with Crippen molar-refractivity contribution in [3.05, 3.63) is 75.7 Å². The van der Waals surface area contributed by atoms with Crippen molar-refractivity contribution in [2.24, 2.45) is 0 Å². The minimum absolute atomic E-state index is 0.0481. The summed E-state index contributed by atoms with van der Waals surface area (Å²) >= 11 is 1.69. The van der Waals surface area contributed by atoms with E-state index in [-0.39, 0.29) is 17.8 Å². The van der Waals surface area contributed by atoms with Crippen molar-refractivity contribution in [2.45, 2.75) is 25.7 Å². The molecule has 4 N–H and O–H groups in total. The number of hydrogen-bond acceptors (Lipinski definition) is 5. The number of amides is 1. The van der Waals surface area contributed by atoms with Crippen LogP contribution in [0.15, 0.2) is 48.5 Å². The second-order valence-electron chi connectivity index (χ2n) is 7.78. The maximum Gasteiger partial charge on any atom is 0.256 e. The molecule has 2 aliphatic rings. The van der Waals surface area contributed by atoms with Gasteiger partial charge in [0, 0.05) is 12.0 Å². The fraction of sp³-hybridized carbons (Fsp3) is 0.261. The predicted octanol–water partition coefficient (Wildman–Crippen LogP) is 2.46. The summed E-state index contributed by atoms with van der Waals surface area (Å²) in [6.07, 6.45) is 0.529. The van der Waals surface area contributed by atoms with Gasteiger partial charge in [-0.1, -0.05) is 36.4 Å². The van der Waals surface area contributed by atoms with Gasteiger partial charge in [-0.3, -0.25) is 4.79 Å². The van der Waals surface area contributed by atoms with Gasteiger partial charge in [0.1, 0.15) is 24.3 Å². The zero-order chi connectivity index (χ0) is 20.7. The van der Waals surface area contributed by atoms with Crippen LogP contribution in [0.3, 0.4) is 0 Å². The summed E-state index contributed by atoms with van der Waals surface area (Å²) in [5.74, 6) is 0.421. The Balaban J connectivity index is 1.37. The number of rotatable bonds is 4. The summed E-state index contributed by atoms with van der Waals surface area (Å²) in [6, 6.07) is 15.7. The number of hydrogen-bond donors (Lipinski definition) is 4. The number of anilines is 1. The number of carbonyl (C=O) groups excluding carboxylic acids is 1. The van der Waals surface area contributed by atoms with E-state index in [1.54, 1.807) is 23.5 Å². The molecule has 7 heteroatoms. The molecule has 6 nitrogen and oxygen atoms in total. The number of carbonyl (C=O) groups is 1. The summed E-state index contributed by atoms with van der Waals surface area (Å²) in [6.45, 7) is 2.95. The molecule has 0 bridgehead atoms. The van der Waals surface area contributed by atoms with Crippen LogP contribution in [0, 0.1) is 0 Å².